The number of aryl methyl sites for hydroxylation is 1. The summed E-state index contributed by atoms with van der Waals surface area (Å²) in [5, 5.41) is 9.15. The molecule has 3 rings (SSSR count). The van der Waals surface area contributed by atoms with Crippen LogP contribution in [0.5, 0.6) is 0 Å². The highest BCUT2D eigenvalue weighted by Crippen LogP contribution is 2.14. The van der Waals surface area contributed by atoms with Crippen molar-refractivity contribution in [3.05, 3.63) is 59.2 Å². The molecule has 126 valence electrons. The summed E-state index contributed by atoms with van der Waals surface area (Å²) < 4.78 is 15.3. The van der Waals surface area contributed by atoms with Gasteiger partial charge in [-0.25, -0.2) is 4.39 Å². The van der Waals surface area contributed by atoms with Gasteiger partial charge in [0, 0.05) is 52.0 Å². The zero-order valence-electron chi connectivity index (χ0n) is 14.1. The Balaban J connectivity index is 1.52. The van der Waals surface area contributed by atoms with Crippen molar-refractivity contribution in [1.29, 1.82) is 5.26 Å². The molecule has 1 fully saturated rings. The van der Waals surface area contributed by atoms with Crippen molar-refractivity contribution in [1.82, 2.24) is 14.4 Å². The molecule has 0 radical (unpaired) electrons. The second kappa shape index (κ2) is 7.61. The summed E-state index contributed by atoms with van der Waals surface area (Å²) in [6.07, 6.45) is 2.08. The van der Waals surface area contributed by atoms with Gasteiger partial charge in [0.15, 0.2) is 0 Å². The number of nitrogens with zero attached hydrogens (tertiary/aromatic N) is 4. The zero-order chi connectivity index (χ0) is 16.9. The average molecular weight is 326 g/mol. The first-order valence-corrected chi connectivity index (χ1v) is 8.46. The predicted octanol–water partition coefficient (Wildman–Crippen LogP) is 2.84. The van der Waals surface area contributed by atoms with E-state index >= 15 is 0 Å². The van der Waals surface area contributed by atoms with E-state index in [4.69, 9.17) is 5.26 Å². The number of halogens is 1. The lowest BCUT2D eigenvalue weighted by Gasteiger charge is -2.34. The van der Waals surface area contributed by atoms with Crippen molar-refractivity contribution in [2.45, 2.75) is 26.6 Å². The number of rotatable bonds is 5. The van der Waals surface area contributed by atoms with Gasteiger partial charge < -0.3 is 4.57 Å². The fourth-order valence-corrected chi connectivity index (χ4v) is 3.27. The largest absolute Gasteiger partial charge is 0.339 e. The van der Waals surface area contributed by atoms with Crippen LogP contribution in [0, 0.1) is 17.1 Å². The predicted molar refractivity (Wildman–Crippen MR) is 91.8 cm³/mol. The van der Waals surface area contributed by atoms with Gasteiger partial charge in [-0.15, -0.1) is 0 Å². The third-order valence-electron chi connectivity index (χ3n) is 4.57. The molecular formula is C19H23FN4. The summed E-state index contributed by atoms with van der Waals surface area (Å²) in [5.41, 5.74) is 2.96. The van der Waals surface area contributed by atoms with E-state index in [1.165, 1.54) is 11.6 Å². The molecule has 0 aliphatic carbocycles. The molecule has 0 saturated carbocycles. The van der Waals surface area contributed by atoms with Crippen LogP contribution in [0.4, 0.5) is 4.39 Å². The summed E-state index contributed by atoms with van der Waals surface area (Å²) in [7, 11) is 0. The quantitative estimate of drug-likeness (QED) is 0.847. The second-order valence-electron chi connectivity index (χ2n) is 6.31. The lowest BCUT2D eigenvalue weighted by molar-refractivity contribution is 0.122. The summed E-state index contributed by atoms with van der Waals surface area (Å²) in [4.78, 5) is 4.78. The van der Waals surface area contributed by atoms with Crippen molar-refractivity contribution in [3.63, 3.8) is 0 Å². The van der Waals surface area contributed by atoms with Gasteiger partial charge in [-0.3, -0.25) is 9.80 Å². The van der Waals surface area contributed by atoms with Gasteiger partial charge >= 0.3 is 0 Å². The maximum Gasteiger partial charge on any atom is 0.123 e. The third-order valence-corrected chi connectivity index (χ3v) is 4.57. The molecule has 5 heteroatoms. The normalized spacial score (nSPS) is 16.2. The van der Waals surface area contributed by atoms with E-state index in [9.17, 15) is 4.39 Å². The van der Waals surface area contributed by atoms with Gasteiger partial charge in [0.1, 0.15) is 17.6 Å². The summed E-state index contributed by atoms with van der Waals surface area (Å²) in [6, 6.07) is 11.1. The molecule has 0 spiro atoms. The standard InChI is InChI=1S/C19H23FN4/c1-2-24-15-17(11-19(24)12-21)14-23-8-6-22(7-9-23)13-16-4-3-5-18(20)10-16/h3-5,10-11,15H,2,6-9,13-14H2,1H3. The van der Waals surface area contributed by atoms with E-state index < -0.39 is 0 Å². The monoisotopic (exact) mass is 326 g/mol. The van der Waals surface area contributed by atoms with Crippen LogP contribution in [-0.2, 0) is 19.6 Å². The van der Waals surface area contributed by atoms with Crippen molar-refractivity contribution >= 4 is 0 Å². The number of nitriles is 1. The topological polar surface area (TPSA) is 35.2 Å². The number of hydrogen-bond acceptors (Lipinski definition) is 3. The van der Waals surface area contributed by atoms with Gasteiger partial charge in [-0.2, -0.15) is 5.26 Å². The number of benzene rings is 1. The van der Waals surface area contributed by atoms with Crippen molar-refractivity contribution in [2.24, 2.45) is 0 Å². The van der Waals surface area contributed by atoms with Crippen LogP contribution in [0.2, 0.25) is 0 Å². The molecule has 0 N–H and O–H groups in total. The minimum atomic E-state index is -0.167. The van der Waals surface area contributed by atoms with E-state index in [1.807, 2.05) is 16.7 Å². The first kappa shape index (κ1) is 16.7. The molecule has 0 atom stereocenters. The second-order valence-corrected chi connectivity index (χ2v) is 6.31. The molecule has 1 saturated heterocycles. The molecule has 2 aromatic rings. The molecule has 0 bridgehead atoms. The van der Waals surface area contributed by atoms with E-state index in [1.54, 1.807) is 12.1 Å². The fraction of sp³-hybridized carbons (Fsp3) is 0.421. The average Bonchev–Trinajstić information content (AvgIpc) is 2.99. The van der Waals surface area contributed by atoms with Gasteiger partial charge in [-0.1, -0.05) is 12.1 Å². The maximum absolute atomic E-state index is 13.3. The van der Waals surface area contributed by atoms with Crippen LogP contribution in [0.25, 0.3) is 0 Å². The lowest BCUT2D eigenvalue weighted by atomic mass is 10.2. The number of aromatic nitrogens is 1. The van der Waals surface area contributed by atoms with Crippen LogP contribution in [-0.4, -0.2) is 40.5 Å². The molecule has 1 aromatic heterocycles. The molecule has 0 unspecified atom stereocenters. The van der Waals surface area contributed by atoms with E-state index in [-0.39, 0.29) is 5.82 Å². The van der Waals surface area contributed by atoms with E-state index in [0.29, 0.717) is 0 Å². The molecule has 1 aromatic carbocycles. The summed E-state index contributed by atoms with van der Waals surface area (Å²) in [5.74, 6) is -0.167. The highest BCUT2D eigenvalue weighted by molar-refractivity contribution is 5.28. The highest BCUT2D eigenvalue weighted by atomic mass is 19.1. The van der Waals surface area contributed by atoms with Crippen molar-refractivity contribution in [3.8, 4) is 6.07 Å². The van der Waals surface area contributed by atoms with Crippen molar-refractivity contribution in [2.75, 3.05) is 26.2 Å². The smallest absolute Gasteiger partial charge is 0.123 e. The minimum Gasteiger partial charge on any atom is -0.339 e. The molecule has 4 nitrogen and oxygen atoms in total. The SMILES string of the molecule is CCn1cc(CN2CCN(Cc3cccc(F)c3)CC2)cc1C#N. The van der Waals surface area contributed by atoms with Crippen LogP contribution >= 0.6 is 0 Å². The number of hydrogen-bond donors (Lipinski definition) is 0. The van der Waals surface area contributed by atoms with Gasteiger partial charge in [0.05, 0.1) is 0 Å². The summed E-state index contributed by atoms with van der Waals surface area (Å²) >= 11 is 0. The van der Waals surface area contributed by atoms with Gasteiger partial charge in [-0.05, 0) is 36.2 Å². The zero-order valence-corrected chi connectivity index (χ0v) is 14.1. The molecule has 1 aliphatic rings. The Kier molecular flexibility index (Phi) is 5.29. The van der Waals surface area contributed by atoms with Crippen molar-refractivity contribution < 1.29 is 4.39 Å². The first-order chi connectivity index (χ1) is 11.7. The third kappa shape index (κ3) is 4.02. The van der Waals surface area contributed by atoms with Gasteiger partial charge in [0.25, 0.3) is 0 Å². The van der Waals surface area contributed by atoms with Crippen LogP contribution in [0.3, 0.4) is 0 Å². The summed E-state index contributed by atoms with van der Waals surface area (Å²) in [6.45, 7) is 8.52. The highest BCUT2D eigenvalue weighted by Gasteiger charge is 2.18. The Labute approximate surface area is 142 Å². The molecule has 24 heavy (non-hydrogen) atoms. The molecule has 0 amide bonds. The molecule has 2 heterocycles. The Morgan fingerprint density at radius 1 is 1.04 bits per heavy atom. The molecule has 1 aliphatic heterocycles. The van der Waals surface area contributed by atoms with E-state index in [2.05, 4.69) is 29.0 Å². The van der Waals surface area contributed by atoms with Gasteiger partial charge in [0.2, 0.25) is 0 Å². The Hall–Kier alpha value is -2.16. The minimum absolute atomic E-state index is 0.167. The molecular weight excluding hydrogens is 303 g/mol. The lowest BCUT2D eigenvalue weighted by Crippen LogP contribution is -2.45. The van der Waals surface area contributed by atoms with E-state index in [0.717, 1.165) is 57.1 Å². The van der Waals surface area contributed by atoms with Crippen LogP contribution in [0.15, 0.2) is 36.5 Å². The Morgan fingerprint density at radius 2 is 1.71 bits per heavy atom. The first-order valence-electron chi connectivity index (χ1n) is 8.46. The van der Waals surface area contributed by atoms with Crippen LogP contribution < -0.4 is 0 Å². The fourth-order valence-electron chi connectivity index (χ4n) is 3.27. The van der Waals surface area contributed by atoms with Crippen LogP contribution in [0.1, 0.15) is 23.7 Å². The Bertz CT molecular complexity index is 723. The number of piperazine rings is 1. The Morgan fingerprint density at radius 3 is 2.25 bits per heavy atom. The maximum atomic E-state index is 13.3.